The molecule has 2 aromatic rings. The monoisotopic (exact) mass is 350 g/mol. The van der Waals surface area contributed by atoms with Gasteiger partial charge in [-0.05, 0) is 30.1 Å². The molecule has 25 heavy (non-hydrogen) atoms. The summed E-state index contributed by atoms with van der Waals surface area (Å²) in [6, 6.07) is 15.9. The van der Waals surface area contributed by atoms with Crippen LogP contribution in [0.15, 0.2) is 58.5 Å². The van der Waals surface area contributed by atoms with Gasteiger partial charge in [0.2, 0.25) is 0 Å². The van der Waals surface area contributed by atoms with E-state index in [0.29, 0.717) is 13.1 Å². The van der Waals surface area contributed by atoms with E-state index in [0.717, 1.165) is 22.6 Å². The number of nitrogens with zero attached hydrogens (tertiary/aromatic N) is 2. The molecule has 0 aromatic heterocycles. The lowest BCUT2D eigenvalue weighted by molar-refractivity contribution is 0.396. The molecule has 4 nitrogen and oxygen atoms in total. The number of benzene rings is 2. The Bertz CT molecular complexity index is 723. The van der Waals surface area contributed by atoms with E-state index >= 15 is 0 Å². The SMILES string of the molecule is [CH3][Al]1[O]c2ccccc2C=NCC(C)(C)CN=Cc2ccccc2[O]1. The maximum Gasteiger partial charge on any atom is 0.853 e. The third-order valence-electron chi connectivity index (χ3n) is 3.92. The largest absolute Gasteiger partial charge is 0.853 e. The minimum atomic E-state index is -1.90. The van der Waals surface area contributed by atoms with E-state index in [1.54, 1.807) is 0 Å². The Labute approximate surface area is 154 Å². The van der Waals surface area contributed by atoms with Gasteiger partial charge < -0.3 is 7.58 Å². The molecule has 0 atom stereocenters. The summed E-state index contributed by atoms with van der Waals surface area (Å²) in [5.41, 5.74) is 1.95. The topological polar surface area (TPSA) is 43.2 Å². The fraction of sp³-hybridized carbons (Fsp3) is 0.300. The highest BCUT2D eigenvalue weighted by Gasteiger charge is 2.26. The van der Waals surface area contributed by atoms with E-state index in [-0.39, 0.29) is 5.41 Å². The van der Waals surface area contributed by atoms with Crippen LogP contribution >= 0.6 is 0 Å². The van der Waals surface area contributed by atoms with Crippen LogP contribution in [0.2, 0.25) is 5.79 Å². The summed E-state index contributed by atoms with van der Waals surface area (Å²) < 4.78 is 12.3. The van der Waals surface area contributed by atoms with E-state index in [9.17, 15) is 0 Å². The van der Waals surface area contributed by atoms with Gasteiger partial charge in [0.1, 0.15) is 0 Å². The van der Waals surface area contributed by atoms with E-state index < -0.39 is 14.8 Å². The van der Waals surface area contributed by atoms with Gasteiger partial charge in [0.05, 0.1) is 11.5 Å². The predicted octanol–water partition coefficient (Wildman–Crippen LogP) is 4.14. The molecule has 1 aliphatic rings. The van der Waals surface area contributed by atoms with Gasteiger partial charge in [0.25, 0.3) is 0 Å². The minimum Gasteiger partial charge on any atom is -0.611 e. The van der Waals surface area contributed by atoms with Crippen molar-refractivity contribution in [3.05, 3.63) is 59.7 Å². The standard InChI is InChI=1S/C19H22N2O2.CH3.Al/c1-19(2,13-20-11-15-7-3-5-9-17(15)22)14-21-12-16-8-4-6-10-18(16)23;;/h3-12,22-23H,13-14H2,1-2H3;1H3;/q;;+2/p-2. The van der Waals surface area contributed by atoms with Crippen molar-refractivity contribution < 1.29 is 7.58 Å². The van der Waals surface area contributed by atoms with Crippen LogP contribution in [0, 0.1) is 5.41 Å². The van der Waals surface area contributed by atoms with Crippen molar-refractivity contribution in [3.8, 4) is 11.5 Å². The van der Waals surface area contributed by atoms with Crippen LogP contribution in [0.3, 0.4) is 0 Å². The van der Waals surface area contributed by atoms with Crippen molar-refractivity contribution in [2.75, 3.05) is 13.1 Å². The Morgan fingerprint density at radius 3 is 1.72 bits per heavy atom. The quantitative estimate of drug-likeness (QED) is 0.670. The highest BCUT2D eigenvalue weighted by Crippen LogP contribution is 2.22. The molecule has 1 heterocycles. The van der Waals surface area contributed by atoms with Gasteiger partial charge in [-0.3, -0.25) is 9.98 Å². The second kappa shape index (κ2) is 7.86. The molecule has 0 unspecified atom stereocenters. The molecule has 0 spiro atoms. The third kappa shape index (κ3) is 4.95. The smallest absolute Gasteiger partial charge is 0.611 e. The predicted molar refractivity (Wildman–Crippen MR) is 104 cm³/mol. The van der Waals surface area contributed by atoms with Gasteiger partial charge >= 0.3 is 14.8 Å². The molecule has 0 fully saturated rings. The lowest BCUT2D eigenvalue weighted by Gasteiger charge is -2.20. The second-order valence-corrected chi connectivity index (χ2v) is 8.59. The van der Waals surface area contributed by atoms with E-state index in [1.165, 1.54) is 0 Å². The van der Waals surface area contributed by atoms with Gasteiger partial charge in [-0.15, -0.1) is 0 Å². The molecule has 5 heteroatoms. The summed E-state index contributed by atoms with van der Waals surface area (Å²) in [5.74, 6) is 3.68. The fourth-order valence-electron chi connectivity index (χ4n) is 2.60. The van der Waals surface area contributed by atoms with Crippen LogP contribution in [0.5, 0.6) is 11.5 Å². The average molecular weight is 350 g/mol. The van der Waals surface area contributed by atoms with E-state index in [2.05, 4.69) is 23.8 Å². The zero-order chi connectivity index (χ0) is 17.7. The van der Waals surface area contributed by atoms with Crippen LogP contribution < -0.4 is 7.58 Å². The summed E-state index contributed by atoms with van der Waals surface area (Å²) in [5, 5.41) is 0. The number of hydrogen-bond donors (Lipinski definition) is 0. The van der Waals surface area contributed by atoms with Gasteiger partial charge in [-0.25, -0.2) is 0 Å². The first-order valence-electron chi connectivity index (χ1n) is 8.55. The lowest BCUT2D eigenvalue weighted by atomic mass is 9.94. The molecule has 0 aliphatic carbocycles. The van der Waals surface area contributed by atoms with Crippen LogP contribution in [-0.2, 0) is 0 Å². The van der Waals surface area contributed by atoms with Gasteiger partial charge in [0.15, 0.2) is 0 Å². The normalized spacial score (nSPS) is 16.8. The average Bonchev–Trinajstić information content (AvgIpc) is 2.57. The fourth-order valence-corrected chi connectivity index (χ4v) is 3.80. The van der Waals surface area contributed by atoms with Crippen molar-refractivity contribution >= 4 is 27.2 Å². The van der Waals surface area contributed by atoms with E-state index in [1.807, 2.05) is 66.7 Å². The number of rotatable bonds is 0. The summed E-state index contributed by atoms with van der Waals surface area (Å²) in [6.45, 7) is 5.77. The Kier molecular flexibility index (Phi) is 5.57. The van der Waals surface area contributed by atoms with Gasteiger partial charge in [-0.2, -0.15) is 0 Å². The second-order valence-electron chi connectivity index (χ2n) is 6.98. The summed E-state index contributed by atoms with van der Waals surface area (Å²) in [7, 11) is 0. The van der Waals surface area contributed by atoms with Gasteiger partial charge in [0, 0.05) is 42.1 Å². The van der Waals surface area contributed by atoms with Crippen LogP contribution in [-0.4, -0.2) is 40.3 Å². The molecule has 2 aromatic carbocycles. The molecule has 0 bridgehead atoms. The Balaban J connectivity index is 1.96. The van der Waals surface area contributed by atoms with Crippen molar-refractivity contribution in [1.29, 1.82) is 0 Å². The maximum absolute atomic E-state index is 6.13. The molecule has 0 N–H and O–H groups in total. The first-order chi connectivity index (χ1) is 12.0. The van der Waals surface area contributed by atoms with Crippen molar-refractivity contribution in [3.63, 3.8) is 0 Å². The lowest BCUT2D eigenvalue weighted by Crippen LogP contribution is -2.27. The van der Waals surface area contributed by atoms with Crippen LogP contribution in [0.4, 0.5) is 0 Å². The van der Waals surface area contributed by atoms with Crippen molar-refractivity contribution in [2.45, 2.75) is 19.6 Å². The molecule has 0 radical (unpaired) electrons. The van der Waals surface area contributed by atoms with Crippen LogP contribution in [0.25, 0.3) is 0 Å². The summed E-state index contributed by atoms with van der Waals surface area (Å²) in [6.07, 6.45) is 3.78. The number of para-hydroxylation sites is 2. The van der Waals surface area contributed by atoms with Crippen molar-refractivity contribution in [2.24, 2.45) is 15.4 Å². The molecule has 3 rings (SSSR count). The van der Waals surface area contributed by atoms with Gasteiger partial charge in [-0.1, -0.05) is 38.1 Å². The first kappa shape index (κ1) is 17.7. The Morgan fingerprint density at radius 1 is 0.800 bits per heavy atom. The molecular formula is C20H23AlN2O2. The summed E-state index contributed by atoms with van der Waals surface area (Å²) in [4.78, 5) is 9.24. The molecule has 0 amide bonds. The number of fused-ring (bicyclic) bond motifs is 2. The molecule has 0 saturated carbocycles. The molecular weight excluding hydrogens is 327 g/mol. The molecule has 128 valence electrons. The minimum absolute atomic E-state index is 0.00917. The Hall–Kier alpha value is -2.09. The number of aliphatic imine (C=N–C) groups is 2. The summed E-state index contributed by atoms with van der Waals surface area (Å²) >= 11 is -1.90. The highest BCUT2D eigenvalue weighted by molar-refractivity contribution is 6.44. The van der Waals surface area contributed by atoms with E-state index in [4.69, 9.17) is 7.58 Å². The highest BCUT2D eigenvalue weighted by atomic mass is 27.2. The third-order valence-corrected chi connectivity index (χ3v) is 5.09. The van der Waals surface area contributed by atoms with Crippen LogP contribution in [0.1, 0.15) is 25.0 Å². The molecule has 0 saturated heterocycles. The Morgan fingerprint density at radius 2 is 1.24 bits per heavy atom. The zero-order valence-electron chi connectivity index (χ0n) is 15.0. The molecule has 1 aliphatic heterocycles. The number of hydrogen-bond acceptors (Lipinski definition) is 4. The zero-order valence-corrected chi connectivity index (χ0v) is 16.1. The first-order valence-corrected chi connectivity index (χ1v) is 10.6. The maximum atomic E-state index is 6.13. The van der Waals surface area contributed by atoms with Crippen molar-refractivity contribution in [1.82, 2.24) is 0 Å².